The number of para-hydroxylation sites is 1. The van der Waals surface area contributed by atoms with Gasteiger partial charge in [0, 0.05) is 13.1 Å². The minimum Gasteiger partial charge on any atom is -0.345 e. The van der Waals surface area contributed by atoms with Gasteiger partial charge in [0.05, 0.1) is 23.8 Å². The van der Waals surface area contributed by atoms with Crippen LogP contribution in [0.25, 0.3) is 0 Å². The van der Waals surface area contributed by atoms with Crippen molar-refractivity contribution in [1.29, 1.82) is 0 Å². The van der Waals surface area contributed by atoms with Gasteiger partial charge in [0.25, 0.3) is 5.91 Å². The minimum absolute atomic E-state index is 0.115. The van der Waals surface area contributed by atoms with Crippen LogP contribution in [0.2, 0.25) is 0 Å². The highest BCUT2D eigenvalue weighted by atomic mass is 16.2. The molecule has 0 radical (unpaired) electrons. The molecule has 31 heavy (non-hydrogen) atoms. The first-order chi connectivity index (χ1) is 15.1. The maximum atomic E-state index is 12.9. The molecule has 2 N–H and O–H groups in total. The summed E-state index contributed by atoms with van der Waals surface area (Å²) < 4.78 is 0. The summed E-state index contributed by atoms with van der Waals surface area (Å²) in [5.41, 5.74) is 4.65. The average molecular weight is 414 g/mol. The predicted octanol–water partition coefficient (Wildman–Crippen LogP) is 4.17. The monoisotopic (exact) mass is 413 g/mol. The van der Waals surface area contributed by atoms with Gasteiger partial charge in [0.15, 0.2) is 0 Å². The summed E-state index contributed by atoms with van der Waals surface area (Å²) in [6, 6.07) is 25.2. The van der Waals surface area contributed by atoms with E-state index in [1.165, 1.54) is 11.1 Å². The number of carbonyl (C=O) groups excluding carboxylic acids is 2. The first-order valence-electron chi connectivity index (χ1n) is 10.6. The Morgan fingerprint density at radius 1 is 0.903 bits per heavy atom. The summed E-state index contributed by atoms with van der Waals surface area (Å²) in [5.74, 6) is -0.324. The van der Waals surface area contributed by atoms with Crippen molar-refractivity contribution in [3.8, 4) is 0 Å². The zero-order valence-corrected chi connectivity index (χ0v) is 17.7. The lowest BCUT2D eigenvalue weighted by Gasteiger charge is -2.28. The van der Waals surface area contributed by atoms with Crippen LogP contribution in [0.5, 0.6) is 0 Å². The third-order valence-electron chi connectivity index (χ3n) is 5.67. The number of amides is 2. The number of hydrogen-bond acceptors (Lipinski definition) is 3. The van der Waals surface area contributed by atoms with Crippen LogP contribution in [0.15, 0.2) is 78.9 Å². The van der Waals surface area contributed by atoms with E-state index in [0.29, 0.717) is 17.8 Å². The van der Waals surface area contributed by atoms with E-state index in [9.17, 15) is 9.59 Å². The van der Waals surface area contributed by atoms with Crippen molar-refractivity contribution in [2.45, 2.75) is 25.9 Å². The Balaban J connectivity index is 1.39. The van der Waals surface area contributed by atoms with Crippen LogP contribution < -0.4 is 10.6 Å². The molecule has 0 unspecified atom stereocenters. The van der Waals surface area contributed by atoms with Crippen molar-refractivity contribution in [3.63, 3.8) is 0 Å². The van der Waals surface area contributed by atoms with Gasteiger partial charge in [0.2, 0.25) is 5.91 Å². The van der Waals surface area contributed by atoms with Crippen LogP contribution in [0, 0.1) is 0 Å². The Kier molecular flexibility index (Phi) is 6.43. The van der Waals surface area contributed by atoms with Crippen molar-refractivity contribution in [2.24, 2.45) is 0 Å². The summed E-state index contributed by atoms with van der Waals surface area (Å²) in [7, 11) is 0. The lowest BCUT2D eigenvalue weighted by atomic mass is 10.00. The Morgan fingerprint density at radius 2 is 1.58 bits per heavy atom. The summed E-state index contributed by atoms with van der Waals surface area (Å²) in [5, 5.41) is 5.95. The molecule has 0 saturated carbocycles. The number of fused-ring (bicyclic) bond motifs is 1. The maximum Gasteiger partial charge on any atom is 0.253 e. The van der Waals surface area contributed by atoms with Gasteiger partial charge in [-0.1, -0.05) is 66.7 Å². The lowest BCUT2D eigenvalue weighted by Crippen LogP contribution is -2.37. The molecule has 5 nitrogen and oxygen atoms in total. The Hall–Kier alpha value is -3.44. The average Bonchev–Trinajstić information content (AvgIpc) is 2.79. The Bertz CT molecular complexity index is 1070. The van der Waals surface area contributed by atoms with Gasteiger partial charge < -0.3 is 10.6 Å². The van der Waals surface area contributed by atoms with E-state index >= 15 is 0 Å². The van der Waals surface area contributed by atoms with Crippen LogP contribution in [-0.2, 0) is 17.8 Å². The predicted molar refractivity (Wildman–Crippen MR) is 123 cm³/mol. The highest BCUT2D eigenvalue weighted by Gasteiger charge is 2.20. The quantitative estimate of drug-likeness (QED) is 0.637. The van der Waals surface area contributed by atoms with E-state index in [-0.39, 0.29) is 17.9 Å². The topological polar surface area (TPSA) is 61.4 Å². The van der Waals surface area contributed by atoms with Crippen molar-refractivity contribution in [1.82, 2.24) is 10.2 Å². The molecule has 1 atom stereocenters. The molecule has 0 aromatic heterocycles. The SMILES string of the molecule is C[C@@H](NC(=O)c1ccccc1NC(=O)CN1CCc2ccccc2C1)c1ccccc1. The first kappa shape index (κ1) is 20.8. The molecule has 1 heterocycles. The molecule has 0 saturated heterocycles. The molecular formula is C26H27N3O2. The second-order valence-corrected chi connectivity index (χ2v) is 7.93. The van der Waals surface area contributed by atoms with E-state index in [1.807, 2.05) is 49.4 Å². The zero-order chi connectivity index (χ0) is 21.6. The van der Waals surface area contributed by atoms with Crippen LogP contribution in [-0.4, -0.2) is 29.8 Å². The first-order valence-corrected chi connectivity index (χ1v) is 10.6. The number of carbonyl (C=O) groups is 2. The molecule has 0 fully saturated rings. The van der Waals surface area contributed by atoms with Crippen LogP contribution in [0.4, 0.5) is 5.69 Å². The number of nitrogens with one attached hydrogen (secondary N) is 2. The molecule has 3 aromatic rings. The second kappa shape index (κ2) is 9.58. The van der Waals surface area contributed by atoms with E-state index in [4.69, 9.17) is 0 Å². The number of nitrogens with zero attached hydrogens (tertiary/aromatic N) is 1. The number of benzene rings is 3. The van der Waals surface area contributed by atoms with Crippen molar-refractivity contribution in [2.75, 3.05) is 18.4 Å². The van der Waals surface area contributed by atoms with Gasteiger partial charge in [-0.15, -0.1) is 0 Å². The molecule has 158 valence electrons. The molecule has 0 bridgehead atoms. The number of anilines is 1. The fraction of sp³-hybridized carbons (Fsp3) is 0.231. The summed E-state index contributed by atoms with van der Waals surface area (Å²) in [4.78, 5) is 27.7. The molecule has 1 aliphatic heterocycles. The fourth-order valence-electron chi connectivity index (χ4n) is 3.97. The van der Waals surface area contributed by atoms with Crippen molar-refractivity contribution < 1.29 is 9.59 Å². The van der Waals surface area contributed by atoms with Gasteiger partial charge in [-0.2, -0.15) is 0 Å². The van der Waals surface area contributed by atoms with E-state index in [2.05, 4.69) is 33.7 Å². The smallest absolute Gasteiger partial charge is 0.253 e. The third-order valence-corrected chi connectivity index (χ3v) is 5.67. The van der Waals surface area contributed by atoms with Gasteiger partial charge >= 0.3 is 0 Å². The maximum absolute atomic E-state index is 12.9. The van der Waals surface area contributed by atoms with Crippen LogP contribution >= 0.6 is 0 Å². The normalized spacial score (nSPS) is 14.4. The number of hydrogen-bond donors (Lipinski definition) is 2. The van der Waals surface area contributed by atoms with Gasteiger partial charge in [0.1, 0.15) is 0 Å². The standard InChI is InChI=1S/C26H27N3O2/c1-19(20-9-3-2-4-10-20)27-26(31)23-13-7-8-14-24(23)28-25(30)18-29-16-15-21-11-5-6-12-22(21)17-29/h2-14,19H,15-18H2,1H3,(H,27,31)(H,28,30)/t19-/m1/s1. The van der Waals surface area contributed by atoms with Gasteiger partial charge in [-0.05, 0) is 42.2 Å². The number of rotatable bonds is 6. The highest BCUT2D eigenvalue weighted by Crippen LogP contribution is 2.20. The minimum atomic E-state index is -0.209. The molecule has 5 heteroatoms. The molecule has 0 aliphatic carbocycles. The zero-order valence-electron chi connectivity index (χ0n) is 17.7. The molecule has 4 rings (SSSR count). The Labute approximate surface area is 183 Å². The second-order valence-electron chi connectivity index (χ2n) is 7.93. The molecule has 0 spiro atoms. The van der Waals surface area contributed by atoms with E-state index in [1.54, 1.807) is 18.2 Å². The van der Waals surface area contributed by atoms with Gasteiger partial charge in [-0.25, -0.2) is 0 Å². The van der Waals surface area contributed by atoms with Gasteiger partial charge in [-0.3, -0.25) is 14.5 Å². The summed E-state index contributed by atoms with van der Waals surface area (Å²) in [6.07, 6.45) is 0.944. The van der Waals surface area contributed by atoms with E-state index < -0.39 is 0 Å². The van der Waals surface area contributed by atoms with Crippen molar-refractivity contribution >= 4 is 17.5 Å². The highest BCUT2D eigenvalue weighted by molar-refractivity contribution is 6.04. The van der Waals surface area contributed by atoms with Crippen LogP contribution in [0.3, 0.4) is 0 Å². The molecule has 1 aliphatic rings. The third kappa shape index (κ3) is 5.19. The van der Waals surface area contributed by atoms with Crippen LogP contribution in [0.1, 0.15) is 40.0 Å². The lowest BCUT2D eigenvalue weighted by molar-refractivity contribution is -0.117. The molecule has 3 aromatic carbocycles. The molecule has 2 amide bonds. The van der Waals surface area contributed by atoms with Crippen molar-refractivity contribution in [3.05, 3.63) is 101 Å². The summed E-state index contributed by atoms with van der Waals surface area (Å²) in [6.45, 7) is 3.86. The largest absolute Gasteiger partial charge is 0.345 e. The molecular weight excluding hydrogens is 386 g/mol. The summed E-state index contributed by atoms with van der Waals surface area (Å²) >= 11 is 0. The Morgan fingerprint density at radius 3 is 2.39 bits per heavy atom. The fourth-order valence-corrected chi connectivity index (χ4v) is 3.97. The van der Waals surface area contributed by atoms with E-state index in [0.717, 1.165) is 25.1 Å².